The van der Waals surface area contributed by atoms with Gasteiger partial charge < -0.3 is 10.6 Å². The Bertz CT molecular complexity index is 525. The highest BCUT2D eigenvalue weighted by atomic mass is 15.4. The van der Waals surface area contributed by atoms with Crippen LogP contribution in [0.15, 0.2) is 24.3 Å². The summed E-state index contributed by atoms with van der Waals surface area (Å²) in [5.74, 6) is 1.16. The fourth-order valence-corrected chi connectivity index (χ4v) is 1.96. The highest BCUT2D eigenvalue weighted by molar-refractivity contribution is 5.35. The van der Waals surface area contributed by atoms with E-state index < -0.39 is 0 Å². The maximum absolute atomic E-state index is 5.93. The smallest absolute Gasteiger partial charge is 0.246 e. The van der Waals surface area contributed by atoms with Crippen LogP contribution >= 0.6 is 0 Å². The minimum atomic E-state index is 0.461. The third-order valence-corrected chi connectivity index (χ3v) is 3.19. The number of nitrogen functional groups attached to an aromatic ring is 1. The number of benzene rings is 1. The Morgan fingerprint density at radius 3 is 2.37 bits per heavy atom. The summed E-state index contributed by atoms with van der Waals surface area (Å²) in [4.78, 5) is 6.41. The second-order valence-electron chi connectivity index (χ2n) is 4.59. The molecule has 0 unspecified atom stereocenters. The highest BCUT2D eigenvalue weighted by Crippen LogP contribution is 2.13. The molecular weight excluding hydrogens is 238 g/mol. The predicted molar refractivity (Wildman–Crippen MR) is 78.3 cm³/mol. The van der Waals surface area contributed by atoms with Crippen molar-refractivity contribution in [3.05, 3.63) is 35.4 Å². The number of anilines is 2. The first-order chi connectivity index (χ1) is 9.13. The van der Waals surface area contributed by atoms with Gasteiger partial charge in [-0.3, -0.25) is 0 Å². The molecule has 0 bridgehead atoms. The lowest BCUT2D eigenvalue weighted by Gasteiger charge is -2.15. The standard InChI is InChI=1S/C14H21N5/c1-4-18(5-2)14-16-13(15)19(17-14)10-12-8-6-11(3)7-9-12/h6-9H,4-5,10H2,1-3H3,(H2,15,16,17). The van der Waals surface area contributed by atoms with Crippen LogP contribution in [0.3, 0.4) is 0 Å². The van der Waals surface area contributed by atoms with Gasteiger partial charge in [-0.05, 0) is 26.3 Å². The Hall–Kier alpha value is -2.04. The average molecular weight is 259 g/mol. The second kappa shape index (κ2) is 5.73. The summed E-state index contributed by atoms with van der Waals surface area (Å²) in [7, 11) is 0. The van der Waals surface area contributed by atoms with Crippen molar-refractivity contribution in [3.63, 3.8) is 0 Å². The Morgan fingerprint density at radius 2 is 1.79 bits per heavy atom. The predicted octanol–water partition coefficient (Wildman–Crippen LogP) is 2.06. The molecule has 1 aromatic carbocycles. The molecule has 1 heterocycles. The summed E-state index contributed by atoms with van der Waals surface area (Å²) in [6.07, 6.45) is 0. The molecule has 0 fully saturated rings. The van der Waals surface area contributed by atoms with E-state index in [0.717, 1.165) is 13.1 Å². The zero-order valence-corrected chi connectivity index (χ0v) is 11.8. The molecule has 2 aromatic rings. The third-order valence-electron chi connectivity index (χ3n) is 3.19. The Kier molecular flexibility index (Phi) is 4.04. The second-order valence-corrected chi connectivity index (χ2v) is 4.59. The summed E-state index contributed by atoms with van der Waals surface area (Å²) in [5.41, 5.74) is 8.35. The van der Waals surface area contributed by atoms with Crippen LogP contribution in [-0.4, -0.2) is 27.9 Å². The first-order valence-corrected chi connectivity index (χ1v) is 6.64. The largest absolute Gasteiger partial charge is 0.368 e. The van der Waals surface area contributed by atoms with Gasteiger partial charge in [0.05, 0.1) is 6.54 Å². The Morgan fingerprint density at radius 1 is 1.16 bits per heavy atom. The summed E-state index contributed by atoms with van der Waals surface area (Å²) >= 11 is 0. The molecule has 5 nitrogen and oxygen atoms in total. The van der Waals surface area contributed by atoms with Crippen molar-refractivity contribution in [1.82, 2.24) is 14.8 Å². The van der Waals surface area contributed by atoms with E-state index in [2.05, 4.69) is 60.0 Å². The van der Waals surface area contributed by atoms with Gasteiger partial charge in [0.15, 0.2) is 0 Å². The summed E-state index contributed by atoms with van der Waals surface area (Å²) in [6, 6.07) is 8.36. The fourth-order valence-electron chi connectivity index (χ4n) is 1.96. The van der Waals surface area contributed by atoms with Crippen molar-refractivity contribution in [1.29, 1.82) is 0 Å². The first kappa shape index (κ1) is 13.4. The van der Waals surface area contributed by atoms with Crippen molar-refractivity contribution < 1.29 is 0 Å². The van der Waals surface area contributed by atoms with Gasteiger partial charge in [-0.1, -0.05) is 29.8 Å². The lowest BCUT2D eigenvalue weighted by Crippen LogP contribution is -2.23. The lowest BCUT2D eigenvalue weighted by atomic mass is 10.1. The summed E-state index contributed by atoms with van der Waals surface area (Å²) in [5, 5.41) is 4.48. The molecular formula is C14H21N5. The molecule has 0 saturated heterocycles. The van der Waals surface area contributed by atoms with Crippen molar-refractivity contribution in [2.75, 3.05) is 23.7 Å². The molecule has 0 saturated carbocycles. The topological polar surface area (TPSA) is 60.0 Å². The number of nitrogens with two attached hydrogens (primary N) is 1. The van der Waals surface area contributed by atoms with Gasteiger partial charge in [0.1, 0.15) is 0 Å². The summed E-state index contributed by atoms with van der Waals surface area (Å²) in [6.45, 7) is 8.65. The molecule has 5 heteroatoms. The van der Waals surface area contributed by atoms with Gasteiger partial charge >= 0.3 is 0 Å². The third kappa shape index (κ3) is 3.05. The van der Waals surface area contributed by atoms with Gasteiger partial charge in [-0.2, -0.15) is 4.98 Å². The van der Waals surface area contributed by atoms with Crippen LogP contribution in [0.2, 0.25) is 0 Å². The number of aryl methyl sites for hydroxylation is 1. The molecule has 2 N–H and O–H groups in total. The summed E-state index contributed by atoms with van der Waals surface area (Å²) < 4.78 is 1.75. The lowest BCUT2D eigenvalue weighted by molar-refractivity contribution is 0.686. The SMILES string of the molecule is CCN(CC)c1nc(N)n(Cc2ccc(C)cc2)n1. The molecule has 0 aliphatic carbocycles. The minimum Gasteiger partial charge on any atom is -0.368 e. The van der Waals surface area contributed by atoms with Crippen LogP contribution in [0, 0.1) is 6.92 Å². The normalized spacial score (nSPS) is 10.7. The molecule has 0 spiro atoms. The van der Waals surface area contributed by atoms with E-state index in [0.29, 0.717) is 18.4 Å². The number of hydrogen-bond donors (Lipinski definition) is 1. The van der Waals surface area contributed by atoms with Crippen LogP contribution in [-0.2, 0) is 6.54 Å². The molecule has 0 aliphatic rings. The van der Waals surface area contributed by atoms with Gasteiger partial charge in [0.2, 0.25) is 11.9 Å². The number of aromatic nitrogens is 3. The Balaban J connectivity index is 2.19. The molecule has 0 aliphatic heterocycles. The van der Waals surface area contributed by atoms with Crippen molar-refractivity contribution in [3.8, 4) is 0 Å². The van der Waals surface area contributed by atoms with Crippen LogP contribution in [0.4, 0.5) is 11.9 Å². The van der Waals surface area contributed by atoms with Gasteiger partial charge in [0, 0.05) is 13.1 Å². The van der Waals surface area contributed by atoms with Crippen LogP contribution < -0.4 is 10.6 Å². The van der Waals surface area contributed by atoms with E-state index in [4.69, 9.17) is 5.73 Å². The van der Waals surface area contributed by atoms with E-state index in [9.17, 15) is 0 Å². The molecule has 2 rings (SSSR count). The zero-order valence-electron chi connectivity index (χ0n) is 11.8. The van der Waals surface area contributed by atoms with Gasteiger partial charge in [-0.25, -0.2) is 4.68 Å². The van der Waals surface area contributed by atoms with E-state index in [1.54, 1.807) is 4.68 Å². The zero-order chi connectivity index (χ0) is 13.8. The minimum absolute atomic E-state index is 0.461. The Labute approximate surface area is 114 Å². The van der Waals surface area contributed by atoms with Gasteiger partial charge in [-0.15, -0.1) is 5.10 Å². The quantitative estimate of drug-likeness (QED) is 0.893. The van der Waals surface area contributed by atoms with Crippen molar-refractivity contribution >= 4 is 11.9 Å². The van der Waals surface area contributed by atoms with E-state index in [1.807, 2.05) is 0 Å². The van der Waals surface area contributed by atoms with Gasteiger partial charge in [0.25, 0.3) is 0 Å². The molecule has 0 amide bonds. The maximum atomic E-state index is 5.93. The van der Waals surface area contributed by atoms with Crippen LogP contribution in [0.25, 0.3) is 0 Å². The molecule has 0 radical (unpaired) electrons. The molecule has 102 valence electrons. The molecule has 0 atom stereocenters. The molecule has 1 aromatic heterocycles. The van der Waals surface area contributed by atoms with Crippen molar-refractivity contribution in [2.24, 2.45) is 0 Å². The van der Waals surface area contributed by atoms with E-state index in [-0.39, 0.29) is 0 Å². The highest BCUT2D eigenvalue weighted by Gasteiger charge is 2.11. The number of rotatable bonds is 5. The molecule has 19 heavy (non-hydrogen) atoms. The first-order valence-electron chi connectivity index (χ1n) is 6.64. The van der Waals surface area contributed by atoms with E-state index >= 15 is 0 Å². The maximum Gasteiger partial charge on any atom is 0.246 e. The van der Waals surface area contributed by atoms with Crippen LogP contribution in [0.5, 0.6) is 0 Å². The number of hydrogen-bond acceptors (Lipinski definition) is 4. The van der Waals surface area contributed by atoms with Crippen LogP contribution in [0.1, 0.15) is 25.0 Å². The number of nitrogens with zero attached hydrogens (tertiary/aromatic N) is 4. The fraction of sp³-hybridized carbons (Fsp3) is 0.429. The van der Waals surface area contributed by atoms with E-state index in [1.165, 1.54) is 11.1 Å². The monoisotopic (exact) mass is 259 g/mol. The van der Waals surface area contributed by atoms with Crippen molar-refractivity contribution in [2.45, 2.75) is 27.3 Å². The average Bonchev–Trinajstić information content (AvgIpc) is 2.75.